The number of nitrogens with one attached hydrogen (secondary N) is 2. The van der Waals surface area contributed by atoms with Gasteiger partial charge >= 0.3 is 12.1 Å². The number of hydrogen-bond acceptors (Lipinski definition) is 4. The molecule has 2 saturated carbocycles. The van der Waals surface area contributed by atoms with Crippen molar-refractivity contribution in [3.05, 3.63) is 59.7 Å². The Kier molecular flexibility index (Phi) is 6.26. The molecular weight excluding hydrogens is 444 g/mol. The molecule has 4 atom stereocenters. The van der Waals surface area contributed by atoms with E-state index in [2.05, 4.69) is 34.9 Å². The molecule has 0 bridgehead atoms. The third-order valence-corrected chi connectivity index (χ3v) is 8.06. The topological polar surface area (TPSA) is 105 Å². The Hall–Kier alpha value is -3.35. The van der Waals surface area contributed by atoms with Crippen molar-refractivity contribution in [2.24, 2.45) is 17.3 Å². The van der Waals surface area contributed by atoms with E-state index in [4.69, 9.17) is 4.74 Å². The fraction of sp³-hybridized carbons (Fsp3) is 0.464. The molecule has 0 spiro atoms. The average Bonchev–Trinajstić information content (AvgIpc) is 3.28. The highest BCUT2D eigenvalue weighted by Crippen LogP contribution is 2.63. The van der Waals surface area contributed by atoms with Crippen LogP contribution < -0.4 is 10.6 Å². The Morgan fingerprint density at radius 3 is 2.34 bits per heavy atom. The van der Waals surface area contributed by atoms with Crippen LogP contribution >= 0.6 is 0 Å². The number of carboxylic acid groups (broad SMARTS) is 1. The number of ether oxygens (including phenoxy) is 1. The monoisotopic (exact) mass is 476 g/mol. The number of rotatable bonds is 9. The molecule has 0 heterocycles. The van der Waals surface area contributed by atoms with Crippen molar-refractivity contribution >= 4 is 18.0 Å². The van der Waals surface area contributed by atoms with Gasteiger partial charge in [0.15, 0.2) is 0 Å². The average molecular weight is 477 g/mol. The van der Waals surface area contributed by atoms with Gasteiger partial charge in [-0.15, -0.1) is 0 Å². The van der Waals surface area contributed by atoms with E-state index < -0.39 is 17.5 Å². The maximum atomic E-state index is 12.5. The normalized spacial score (nSPS) is 24.6. The summed E-state index contributed by atoms with van der Waals surface area (Å²) in [6, 6.07) is 16.4. The summed E-state index contributed by atoms with van der Waals surface area (Å²) in [7, 11) is 0. The summed E-state index contributed by atoms with van der Waals surface area (Å²) in [5, 5.41) is 15.2. The second kappa shape index (κ2) is 9.36. The molecule has 3 aliphatic rings. The van der Waals surface area contributed by atoms with Crippen LogP contribution in [0.25, 0.3) is 11.1 Å². The van der Waals surface area contributed by atoms with Crippen LogP contribution in [0.3, 0.4) is 0 Å². The van der Waals surface area contributed by atoms with Crippen molar-refractivity contribution in [2.75, 3.05) is 13.2 Å². The summed E-state index contributed by atoms with van der Waals surface area (Å²) in [6.07, 6.45) is 2.88. The summed E-state index contributed by atoms with van der Waals surface area (Å²) >= 11 is 0. The van der Waals surface area contributed by atoms with Crippen molar-refractivity contribution in [1.29, 1.82) is 0 Å². The first kappa shape index (κ1) is 23.4. The lowest BCUT2D eigenvalue weighted by atomic mass is 9.98. The number of amides is 2. The predicted octanol–water partition coefficient (Wildman–Crippen LogP) is 4.31. The number of carboxylic acids is 1. The van der Waals surface area contributed by atoms with E-state index in [0.29, 0.717) is 25.8 Å². The fourth-order valence-electron chi connectivity index (χ4n) is 5.99. The van der Waals surface area contributed by atoms with Gasteiger partial charge in [0.2, 0.25) is 5.91 Å². The zero-order valence-corrected chi connectivity index (χ0v) is 20.0. The Balaban J connectivity index is 1.02. The van der Waals surface area contributed by atoms with E-state index in [1.54, 1.807) is 0 Å². The molecule has 35 heavy (non-hydrogen) atoms. The predicted molar refractivity (Wildman–Crippen MR) is 131 cm³/mol. The molecule has 7 nitrogen and oxygen atoms in total. The number of fused-ring (bicyclic) bond motifs is 4. The first-order valence-corrected chi connectivity index (χ1v) is 12.5. The molecule has 184 valence electrons. The minimum Gasteiger partial charge on any atom is -0.481 e. The minimum absolute atomic E-state index is 0.0266. The van der Waals surface area contributed by atoms with Gasteiger partial charge in [-0.2, -0.15) is 0 Å². The van der Waals surface area contributed by atoms with Crippen molar-refractivity contribution in [3.63, 3.8) is 0 Å². The van der Waals surface area contributed by atoms with E-state index in [1.807, 2.05) is 31.2 Å². The summed E-state index contributed by atoms with van der Waals surface area (Å²) < 4.78 is 5.55. The van der Waals surface area contributed by atoms with Crippen molar-refractivity contribution < 1.29 is 24.2 Å². The van der Waals surface area contributed by atoms with Gasteiger partial charge in [-0.05, 0) is 60.3 Å². The molecule has 2 amide bonds. The van der Waals surface area contributed by atoms with E-state index in [9.17, 15) is 19.5 Å². The highest BCUT2D eigenvalue weighted by atomic mass is 16.5. The van der Waals surface area contributed by atoms with E-state index in [1.165, 1.54) is 22.3 Å². The minimum atomic E-state index is -0.730. The van der Waals surface area contributed by atoms with Crippen LogP contribution in [0.1, 0.15) is 56.1 Å². The van der Waals surface area contributed by atoms with Crippen LogP contribution in [0.5, 0.6) is 0 Å². The molecule has 0 aromatic heterocycles. The molecule has 1 unspecified atom stereocenters. The first-order chi connectivity index (χ1) is 16.9. The molecule has 2 aromatic carbocycles. The summed E-state index contributed by atoms with van der Waals surface area (Å²) in [4.78, 5) is 36.2. The third kappa shape index (κ3) is 4.51. The van der Waals surface area contributed by atoms with E-state index >= 15 is 0 Å². The lowest BCUT2D eigenvalue weighted by Crippen LogP contribution is -2.38. The van der Waals surface area contributed by atoms with Gasteiger partial charge in [-0.25, -0.2) is 4.79 Å². The van der Waals surface area contributed by atoms with Crippen LogP contribution in [-0.2, 0) is 14.3 Å². The Morgan fingerprint density at radius 2 is 1.71 bits per heavy atom. The van der Waals surface area contributed by atoms with Gasteiger partial charge in [0, 0.05) is 24.4 Å². The van der Waals surface area contributed by atoms with Crippen LogP contribution in [-0.4, -0.2) is 42.3 Å². The fourth-order valence-corrected chi connectivity index (χ4v) is 5.99. The van der Waals surface area contributed by atoms with Gasteiger partial charge in [-0.1, -0.05) is 55.5 Å². The number of alkyl carbamates (subject to hydrolysis) is 1. The molecule has 3 aliphatic carbocycles. The Labute approximate surface area is 205 Å². The van der Waals surface area contributed by atoms with Crippen molar-refractivity contribution in [3.8, 4) is 11.1 Å². The Morgan fingerprint density at radius 1 is 1.06 bits per heavy atom. The van der Waals surface area contributed by atoms with Crippen LogP contribution in [0, 0.1) is 17.3 Å². The highest BCUT2D eigenvalue weighted by Gasteiger charge is 2.65. The van der Waals surface area contributed by atoms with Crippen LogP contribution in [0.2, 0.25) is 0 Å². The molecule has 0 aliphatic heterocycles. The van der Waals surface area contributed by atoms with Crippen LogP contribution in [0.4, 0.5) is 4.79 Å². The number of carbonyl (C=O) groups excluding carboxylic acids is 2. The maximum Gasteiger partial charge on any atom is 0.407 e. The molecule has 0 saturated heterocycles. The highest BCUT2D eigenvalue weighted by molar-refractivity contribution is 5.81. The molecule has 3 N–H and O–H groups in total. The Bertz CT molecular complexity index is 1100. The van der Waals surface area contributed by atoms with Gasteiger partial charge in [0.1, 0.15) is 6.61 Å². The third-order valence-electron chi connectivity index (χ3n) is 8.06. The maximum absolute atomic E-state index is 12.5. The quantitative estimate of drug-likeness (QED) is 0.468. The van der Waals surface area contributed by atoms with Gasteiger partial charge in [0.05, 0.1) is 5.41 Å². The smallest absolute Gasteiger partial charge is 0.407 e. The lowest BCUT2D eigenvalue weighted by Gasteiger charge is -2.19. The van der Waals surface area contributed by atoms with E-state index in [-0.39, 0.29) is 36.3 Å². The SMILES string of the molecule is CC(CCCNC(=O)OCC1c2ccccc2-c2ccccc21)C(=O)N[C@@H]1C[C@H]2C[C@@]2(C(=O)O)C1. The molecule has 0 radical (unpaired) electrons. The van der Waals surface area contributed by atoms with Crippen LogP contribution in [0.15, 0.2) is 48.5 Å². The van der Waals surface area contributed by atoms with Gasteiger partial charge in [0.25, 0.3) is 0 Å². The molecule has 7 heteroatoms. The van der Waals surface area contributed by atoms with Gasteiger partial charge < -0.3 is 20.5 Å². The van der Waals surface area contributed by atoms with Gasteiger partial charge in [-0.3, -0.25) is 9.59 Å². The second-order valence-corrected chi connectivity index (χ2v) is 10.3. The number of hydrogen-bond donors (Lipinski definition) is 3. The molecular formula is C28H32N2O5. The van der Waals surface area contributed by atoms with Crippen molar-refractivity contribution in [1.82, 2.24) is 10.6 Å². The zero-order chi connectivity index (χ0) is 24.6. The largest absolute Gasteiger partial charge is 0.481 e. The zero-order valence-electron chi connectivity index (χ0n) is 20.0. The first-order valence-electron chi connectivity index (χ1n) is 12.5. The lowest BCUT2D eigenvalue weighted by molar-refractivity contribution is -0.144. The molecule has 2 aromatic rings. The standard InChI is InChI=1S/C28H32N2O5/c1-17(25(31)30-19-13-18-14-28(18,15-19)26(32)33)7-6-12-29-27(34)35-16-24-22-10-4-2-8-20(22)21-9-3-5-11-23(21)24/h2-5,8-11,17-19,24H,6-7,12-16H2,1H3,(H,29,34)(H,30,31)(H,32,33)/t17?,18-,19+,28+/m0/s1. The van der Waals surface area contributed by atoms with Crippen molar-refractivity contribution in [2.45, 2.75) is 51.0 Å². The number of aliphatic carboxylic acids is 1. The summed E-state index contributed by atoms with van der Waals surface area (Å²) in [6.45, 7) is 2.58. The number of carbonyl (C=O) groups is 3. The second-order valence-electron chi connectivity index (χ2n) is 10.3. The summed E-state index contributed by atoms with van der Waals surface area (Å²) in [5.41, 5.74) is 4.15. The molecule has 2 fully saturated rings. The number of benzene rings is 2. The summed E-state index contributed by atoms with van der Waals surface area (Å²) in [5.74, 6) is -0.734. The molecule has 5 rings (SSSR count). The van der Waals surface area contributed by atoms with E-state index in [0.717, 1.165) is 12.8 Å².